The van der Waals surface area contributed by atoms with Crippen molar-refractivity contribution in [1.29, 1.82) is 0 Å². The average molecular weight is 559 g/mol. The van der Waals surface area contributed by atoms with Crippen LogP contribution in [-0.4, -0.2) is 22.4 Å². The van der Waals surface area contributed by atoms with Crippen molar-refractivity contribution < 1.29 is 10.2 Å². The van der Waals surface area contributed by atoms with E-state index in [4.69, 9.17) is 5.11 Å². The minimum absolute atomic E-state index is 0.274. The standard InChI is InChI=1S/C38H70O2/c1-3-5-7-9-11-13-15-17-18-19-20-22-24-26-28-31-35-38(40,36-32-29-33-37-39)34-30-27-25-23-21-16-14-12-10-8-6-4-2/h4,6,10-13,17-18,39-40H,3,5,7-9,14-16,19-37H2,1-2H3/b6-4-,12-10-,13-11-,18-17-. The minimum Gasteiger partial charge on any atom is -0.396 e. The molecule has 0 radical (unpaired) electrons. The van der Waals surface area contributed by atoms with Crippen LogP contribution in [0.5, 0.6) is 0 Å². The van der Waals surface area contributed by atoms with E-state index in [-0.39, 0.29) is 6.61 Å². The summed E-state index contributed by atoms with van der Waals surface area (Å²) in [5.74, 6) is 0. The van der Waals surface area contributed by atoms with Crippen molar-refractivity contribution in [2.45, 2.75) is 186 Å². The second kappa shape index (κ2) is 32.4. The number of hydrogen-bond donors (Lipinski definition) is 2. The first kappa shape index (κ1) is 38.9. The van der Waals surface area contributed by atoms with E-state index in [0.29, 0.717) is 0 Å². The molecule has 0 heterocycles. The van der Waals surface area contributed by atoms with E-state index in [1.54, 1.807) is 0 Å². The number of unbranched alkanes of at least 4 members (excludes halogenated alkanes) is 17. The van der Waals surface area contributed by atoms with Crippen LogP contribution < -0.4 is 0 Å². The summed E-state index contributed by atoms with van der Waals surface area (Å²) in [6, 6.07) is 0. The summed E-state index contributed by atoms with van der Waals surface area (Å²) in [7, 11) is 0. The smallest absolute Gasteiger partial charge is 0.0647 e. The first-order chi connectivity index (χ1) is 19.7. The topological polar surface area (TPSA) is 40.5 Å². The van der Waals surface area contributed by atoms with Gasteiger partial charge in [0.15, 0.2) is 0 Å². The molecule has 0 aliphatic rings. The predicted molar refractivity (Wildman–Crippen MR) is 180 cm³/mol. The summed E-state index contributed by atoms with van der Waals surface area (Å²) in [5, 5.41) is 20.5. The molecule has 0 aromatic rings. The third-order valence-electron chi connectivity index (χ3n) is 8.08. The average Bonchev–Trinajstić information content (AvgIpc) is 2.96. The second-order valence-electron chi connectivity index (χ2n) is 12.0. The third-order valence-corrected chi connectivity index (χ3v) is 8.08. The lowest BCUT2D eigenvalue weighted by molar-refractivity contribution is 0.00682. The van der Waals surface area contributed by atoms with Gasteiger partial charge in [0.2, 0.25) is 0 Å². The van der Waals surface area contributed by atoms with Gasteiger partial charge >= 0.3 is 0 Å². The Bertz CT molecular complexity index is 603. The van der Waals surface area contributed by atoms with Crippen LogP contribution in [0.25, 0.3) is 0 Å². The van der Waals surface area contributed by atoms with Gasteiger partial charge in [-0.3, -0.25) is 0 Å². The summed E-state index contributed by atoms with van der Waals surface area (Å²) in [4.78, 5) is 0. The lowest BCUT2D eigenvalue weighted by Gasteiger charge is -2.28. The molecule has 2 nitrogen and oxygen atoms in total. The normalized spacial score (nSPS) is 14.0. The van der Waals surface area contributed by atoms with E-state index in [0.717, 1.165) is 64.2 Å². The molecule has 0 fully saturated rings. The van der Waals surface area contributed by atoms with Crippen LogP contribution in [0.3, 0.4) is 0 Å². The van der Waals surface area contributed by atoms with Gasteiger partial charge in [-0.25, -0.2) is 0 Å². The van der Waals surface area contributed by atoms with Gasteiger partial charge in [0.05, 0.1) is 5.60 Å². The van der Waals surface area contributed by atoms with Crippen molar-refractivity contribution >= 4 is 0 Å². The first-order valence-electron chi connectivity index (χ1n) is 17.6. The molecule has 0 aromatic carbocycles. The van der Waals surface area contributed by atoms with Crippen LogP contribution in [-0.2, 0) is 0 Å². The van der Waals surface area contributed by atoms with E-state index in [1.807, 2.05) is 0 Å². The molecule has 234 valence electrons. The highest BCUT2D eigenvalue weighted by Crippen LogP contribution is 2.29. The fourth-order valence-corrected chi connectivity index (χ4v) is 5.41. The van der Waals surface area contributed by atoms with Gasteiger partial charge in [0.1, 0.15) is 0 Å². The van der Waals surface area contributed by atoms with Crippen LogP contribution in [0, 0.1) is 0 Å². The fraction of sp³-hybridized carbons (Fsp3) is 0.789. The molecule has 0 saturated carbocycles. The first-order valence-corrected chi connectivity index (χ1v) is 17.6. The van der Waals surface area contributed by atoms with Crippen molar-refractivity contribution in [1.82, 2.24) is 0 Å². The summed E-state index contributed by atoms with van der Waals surface area (Å²) >= 11 is 0. The van der Waals surface area contributed by atoms with Gasteiger partial charge < -0.3 is 10.2 Å². The molecule has 0 bridgehead atoms. The highest BCUT2D eigenvalue weighted by atomic mass is 16.3. The van der Waals surface area contributed by atoms with Gasteiger partial charge in [0, 0.05) is 6.61 Å². The molecule has 0 rings (SSSR count). The van der Waals surface area contributed by atoms with E-state index in [1.165, 1.54) is 103 Å². The summed E-state index contributed by atoms with van der Waals surface area (Å²) in [6.45, 7) is 4.61. The van der Waals surface area contributed by atoms with E-state index in [2.05, 4.69) is 62.5 Å². The Hall–Kier alpha value is -1.12. The zero-order chi connectivity index (χ0) is 29.2. The van der Waals surface area contributed by atoms with Crippen LogP contribution in [0.1, 0.15) is 181 Å². The quantitative estimate of drug-likeness (QED) is 0.0656. The van der Waals surface area contributed by atoms with E-state index in [9.17, 15) is 5.11 Å². The van der Waals surface area contributed by atoms with Crippen LogP contribution in [0.2, 0.25) is 0 Å². The Morgan fingerprint density at radius 3 is 1.25 bits per heavy atom. The van der Waals surface area contributed by atoms with E-state index >= 15 is 0 Å². The molecule has 0 spiro atoms. The minimum atomic E-state index is -0.484. The Labute approximate surface area is 251 Å². The second-order valence-corrected chi connectivity index (χ2v) is 12.0. The molecule has 40 heavy (non-hydrogen) atoms. The largest absolute Gasteiger partial charge is 0.396 e. The summed E-state index contributed by atoms with van der Waals surface area (Å²) in [5.41, 5.74) is -0.484. The molecule has 0 saturated heterocycles. The Morgan fingerprint density at radius 1 is 0.450 bits per heavy atom. The number of aliphatic hydroxyl groups excluding tert-OH is 1. The molecule has 0 aliphatic carbocycles. The SMILES string of the molecule is C/C=C\C/C=C\CCCCCCCCC(O)(CCCCCO)CCCCCCCC/C=C\C/C=C\CCCCC. The van der Waals surface area contributed by atoms with Crippen LogP contribution in [0.4, 0.5) is 0 Å². The van der Waals surface area contributed by atoms with Gasteiger partial charge in [-0.1, -0.05) is 145 Å². The molecular formula is C38H70O2. The number of hydrogen-bond acceptors (Lipinski definition) is 2. The summed E-state index contributed by atoms with van der Waals surface area (Å²) < 4.78 is 0. The highest BCUT2D eigenvalue weighted by molar-refractivity contribution is 4.93. The monoisotopic (exact) mass is 559 g/mol. The fourth-order valence-electron chi connectivity index (χ4n) is 5.41. The van der Waals surface area contributed by atoms with Crippen molar-refractivity contribution in [2.24, 2.45) is 0 Å². The maximum absolute atomic E-state index is 11.4. The number of rotatable bonds is 31. The number of allylic oxidation sites excluding steroid dienone is 8. The number of aliphatic hydroxyl groups is 2. The Kier molecular flexibility index (Phi) is 31.5. The predicted octanol–water partition coefficient (Wildman–Crippen LogP) is 12.1. The lowest BCUT2D eigenvalue weighted by atomic mass is 9.85. The van der Waals surface area contributed by atoms with Crippen LogP contribution >= 0.6 is 0 Å². The molecule has 1 atom stereocenters. The van der Waals surface area contributed by atoms with Crippen molar-refractivity contribution in [3.05, 3.63) is 48.6 Å². The molecule has 2 N–H and O–H groups in total. The van der Waals surface area contributed by atoms with Gasteiger partial charge in [-0.2, -0.15) is 0 Å². The molecule has 2 heteroatoms. The molecule has 0 aliphatic heterocycles. The van der Waals surface area contributed by atoms with Crippen LogP contribution in [0.15, 0.2) is 48.6 Å². The third kappa shape index (κ3) is 29.9. The van der Waals surface area contributed by atoms with Gasteiger partial charge in [0.25, 0.3) is 0 Å². The lowest BCUT2D eigenvalue weighted by Crippen LogP contribution is -2.28. The van der Waals surface area contributed by atoms with E-state index < -0.39 is 5.60 Å². The molecule has 0 amide bonds. The van der Waals surface area contributed by atoms with Gasteiger partial charge in [-0.05, 0) is 84.0 Å². The van der Waals surface area contributed by atoms with Gasteiger partial charge in [-0.15, -0.1) is 0 Å². The van der Waals surface area contributed by atoms with Crippen molar-refractivity contribution in [3.8, 4) is 0 Å². The zero-order valence-corrected chi connectivity index (χ0v) is 27.1. The van der Waals surface area contributed by atoms with Crippen molar-refractivity contribution in [2.75, 3.05) is 6.61 Å². The summed E-state index contributed by atoms with van der Waals surface area (Å²) in [6.07, 6.45) is 49.1. The molecule has 0 aromatic heterocycles. The Morgan fingerprint density at radius 2 is 0.825 bits per heavy atom. The Balaban J connectivity index is 3.91. The molecular weight excluding hydrogens is 488 g/mol. The van der Waals surface area contributed by atoms with Crippen molar-refractivity contribution in [3.63, 3.8) is 0 Å². The zero-order valence-electron chi connectivity index (χ0n) is 27.1. The highest BCUT2D eigenvalue weighted by Gasteiger charge is 2.25. The molecule has 1 unspecified atom stereocenters. The maximum Gasteiger partial charge on any atom is 0.0647 e. The maximum atomic E-state index is 11.4.